The molecule has 11 atom stereocenters. The molecule has 0 aromatic heterocycles. The number of ether oxygens (including phenoxy) is 8. The third kappa shape index (κ3) is 7.16. The van der Waals surface area contributed by atoms with Gasteiger partial charge in [0.2, 0.25) is 0 Å². The van der Waals surface area contributed by atoms with Crippen molar-refractivity contribution < 1.29 is 76.9 Å². The Balaban J connectivity index is 2.16. The van der Waals surface area contributed by atoms with E-state index >= 15 is 0 Å². The van der Waals surface area contributed by atoms with E-state index in [1.54, 1.807) is 13.8 Å². The molecule has 2 N–H and O–H groups in total. The average Bonchev–Trinajstić information content (AvgIpc) is 3.76. The van der Waals surface area contributed by atoms with E-state index < -0.39 is 107 Å². The van der Waals surface area contributed by atoms with Crippen LogP contribution >= 0.6 is 0 Å². The predicted molar refractivity (Wildman–Crippen MR) is 166 cm³/mol. The summed E-state index contributed by atoms with van der Waals surface area (Å²) in [5.41, 5.74) is -5.77. The van der Waals surface area contributed by atoms with Crippen LogP contribution in [0, 0.1) is 23.2 Å². The first-order valence-electron chi connectivity index (χ1n) is 16.3. The molecule has 11 unspecified atom stereocenters. The van der Waals surface area contributed by atoms with Crippen molar-refractivity contribution in [3.63, 3.8) is 0 Å². The van der Waals surface area contributed by atoms with Crippen LogP contribution in [-0.4, -0.2) is 121 Å². The molecule has 16 heteroatoms. The van der Waals surface area contributed by atoms with Crippen molar-refractivity contribution in [3.8, 4) is 0 Å². The van der Waals surface area contributed by atoms with E-state index in [1.165, 1.54) is 39.2 Å². The van der Waals surface area contributed by atoms with Crippen LogP contribution in [0.1, 0.15) is 54.9 Å². The van der Waals surface area contributed by atoms with Crippen molar-refractivity contribution in [2.75, 3.05) is 26.9 Å². The van der Waals surface area contributed by atoms with Gasteiger partial charge in [-0.15, -0.1) is 0 Å². The van der Waals surface area contributed by atoms with E-state index in [0.717, 1.165) is 20.8 Å². The molecular weight excluding hydrogens is 664 g/mol. The molecule has 50 heavy (non-hydrogen) atoms. The van der Waals surface area contributed by atoms with Gasteiger partial charge in [-0.2, -0.15) is 0 Å². The highest BCUT2D eigenvalue weighted by atomic mass is 16.7. The Hall–Kier alpha value is -3.86. The van der Waals surface area contributed by atoms with Crippen LogP contribution in [0.5, 0.6) is 0 Å². The SMILES string of the molecule is COCC1=CC2OC(=O)C(C)C2(O)C(OC(C)=O)C2C3(CO3)C(OC(=O)CC(C)C)C(OC(C)=O)C(OC(C)=O)C2(C)C(OC(=O)CO)C=C1. The number of rotatable bonds is 10. The first-order valence-corrected chi connectivity index (χ1v) is 16.3. The van der Waals surface area contributed by atoms with E-state index in [1.807, 2.05) is 0 Å². The van der Waals surface area contributed by atoms with Crippen molar-refractivity contribution in [3.05, 3.63) is 23.8 Å². The predicted octanol–water partition coefficient (Wildman–Crippen LogP) is 0.484. The van der Waals surface area contributed by atoms with Gasteiger partial charge in [0.1, 0.15) is 24.4 Å². The molecule has 4 rings (SSSR count). The zero-order chi connectivity index (χ0) is 37.3. The van der Waals surface area contributed by atoms with E-state index in [0.29, 0.717) is 5.57 Å². The van der Waals surface area contributed by atoms with E-state index in [2.05, 4.69) is 0 Å². The average molecular weight is 711 g/mol. The lowest BCUT2D eigenvalue weighted by Gasteiger charge is -2.59. The smallest absolute Gasteiger partial charge is 0.332 e. The summed E-state index contributed by atoms with van der Waals surface area (Å²) in [6.45, 7) is 8.21. The second kappa shape index (κ2) is 14.8. The fraction of sp³-hybridized carbons (Fsp3) is 0.706. The summed E-state index contributed by atoms with van der Waals surface area (Å²) in [4.78, 5) is 78.2. The Kier molecular flexibility index (Phi) is 11.5. The molecule has 0 bridgehead atoms. The number of carbonyl (C=O) groups is 6. The monoisotopic (exact) mass is 710 g/mol. The van der Waals surface area contributed by atoms with E-state index in [-0.39, 0.29) is 25.6 Å². The number of epoxide rings is 1. The van der Waals surface area contributed by atoms with Gasteiger partial charge in [-0.05, 0) is 30.6 Å². The van der Waals surface area contributed by atoms with Gasteiger partial charge in [0.05, 0.1) is 24.5 Å². The van der Waals surface area contributed by atoms with Crippen molar-refractivity contribution in [2.45, 2.75) is 103 Å². The maximum Gasteiger partial charge on any atom is 0.332 e. The molecule has 4 aliphatic rings. The minimum absolute atomic E-state index is 0.0785. The summed E-state index contributed by atoms with van der Waals surface area (Å²) >= 11 is 0. The molecular formula is C34H46O16. The summed E-state index contributed by atoms with van der Waals surface area (Å²) in [7, 11) is 1.39. The van der Waals surface area contributed by atoms with E-state index in [9.17, 15) is 39.0 Å². The zero-order valence-corrected chi connectivity index (χ0v) is 29.4. The van der Waals surface area contributed by atoms with Gasteiger partial charge in [0, 0.05) is 40.2 Å². The van der Waals surface area contributed by atoms with Gasteiger partial charge in [-0.25, -0.2) is 4.79 Å². The van der Waals surface area contributed by atoms with Crippen molar-refractivity contribution in [1.29, 1.82) is 0 Å². The normalized spacial score (nSPS) is 37.4. The summed E-state index contributed by atoms with van der Waals surface area (Å²) in [5.74, 6) is -8.37. The Morgan fingerprint density at radius 1 is 0.940 bits per heavy atom. The molecule has 0 aromatic rings. The lowest BCUT2D eigenvalue weighted by molar-refractivity contribution is -0.279. The van der Waals surface area contributed by atoms with Crippen LogP contribution in [0.4, 0.5) is 0 Å². The highest BCUT2D eigenvalue weighted by Crippen LogP contribution is 2.63. The third-order valence-corrected chi connectivity index (χ3v) is 9.75. The van der Waals surface area contributed by atoms with E-state index in [4.69, 9.17) is 37.9 Å². The maximum absolute atomic E-state index is 13.4. The molecule has 16 nitrogen and oxygen atoms in total. The molecule has 2 aliphatic carbocycles. The maximum atomic E-state index is 13.4. The number of esters is 6. The number of carbonyl (C=O) groups excluding carboxylic acids is 6. The van der Waals surface area contributed by atoms with Crippen molar-refractivity contribution >= 4 is 35.8 Å². The standard InChI is InChI=1S/C34H46O16/c1-16(2)11-24(39)50-29-26(45-18(4)36)28(46-19(5)37)32(7)22(48-25(40)13-35)10-9-21(14-43-8)12-23-34(42,17(3)31(41)49-23)30(47-20(6)38)27(32)33(29)15-44-33/h9-10,12,16-17,22-23,26-30,35,42H,11,13-15H2,1-8H3. The zero-order valence-electron chi connectivity index (χ0n) is 29.4. The summed E-state index contributed by atoms with van der Waals surface area (Å²) in [6.07, 6.45) is -5.45. The van der Waals surface area contributed by atoms with Crippen LogP contribution in [-0.2, 0) is 66.7 Å². The Bertz CT molecular complexity index is 1430. The molecule has 0 radical (unpaired) electrons. The fourth-order valence-electron chi connectivity index (χ4n) is 7.61. The van der Waals surface area contributed by atoms with Crippen molar-refractivity contribution in [1.82, 2.24) is 0 Å². The first-order chi connectivity index (χ1) is 23.4. The van der Waals surface area contributed by atoms with Crippen LogP contribution in [0.25, 0.3) is 0 Å². The molecule has 1 saturated carbocycles. The van der Waals surface area contributed by atoms with Crippen LogP contribution in [0.2, 0.25) is 0 Å². The van der Waals surface area contributed by atoms with Crippen molar-refractivity contribution in [2.24, 2.45) is 23.2 Å². The minimum atomic E-state index is -2.38. The lowest BCUT2D eigenvalue weighted by atomic mass is 9.51. The van der Waals surface area contributed by atoms with Gasteiger partial charge in [0.15, 0.2) is 30.0 Å². The topological polar surface area (TPSA) is 220 Å². The van der Waals surface area contributed by atoms with Gasteiger partial charge in [-0.1, -0.05) is 26.8 Å². The highest BCUT2D eigenvalue weighted by molar-refractivity contribution is 5.78. The first kappa shape index (κ1) is 38.9. The molecule has 2 saturated heterocycles. The largest absolute Gasteiger partial charge is 0.459 e. The molecule has 2 aliphatic heterocycles. The van der Waals surface area contributed by atoms with Gasteiger partial charge in [-0.3, -0.25) is 24.0 Å². The number of aliphatic hydroxyl groups is 2. The second-order valence-corrected chi connectivity index (χ2v) is 13.8. The number of methoxy groups -OCH3 is 1. The summed E-state index contributed by atoms with van der Waals surface area (Å²) < 4.78 is 46.6. The third-order valence-electron chi connectivity index (χ3n) is 9.75. The Labute approximate surface area is 289 Å². The Morgan fingerprint density at radius 3 is 2.06 bits per heavy atom. The molecule has 1 spiro atoms. The highest BCUT2D eigenvalue weighted by Gasteiger charge is 2.81. The molecule has 0 aromatic carbocycles. The van der Waals surface area contributed by atoms with Gasteiger partial charge < -0.3 is 48.1 Å². The van der Waals surface area contributed by atoms with Gasteiger partial charge >= 0.3 is 35.8 Å². The number of fused-ring (bicyclic) bond motifs is 3. The Morgan fingerprint density at radius 2 is 1.54 bits per heavy atom. The number of hydrogen-bond donors (Lipinski definition) is 2. The summed E-state index contributed by atoms with van der Waals surface area (Å²) in [5, 5.41) is 22.6. The van der Waals surface area contributed by atoms with Gasteiger partial charge in [0.25, 0.3) is 0 Å². The van der Waals surface area contributed by atoms with Crippen LogP contribution in [0.3, 0.4) is 0 Å². The molecule has 2 heterocycles. The van der Waals surface area contributed by atoms with Crippen LogP contribution < -0.4 is 0 Å². The molecule has 3 fully saturated rings. The lowest BCUT2D eigenvalue weighted by Crippen LogP contribution is -2.76. The quantitative estimate of drug-likeness (QED) is 0.179. The number of aliphatic hydroxyl groups excluding tert-OH is 1. The molecule has 278 valence electrons. The van der Waals surface area contributed by atoms with Crippen LogP contribution in [0.15, 0.2) is 23.8 Å². The summed E-state index contributed by atoms with van der Waals surface area (Å²) in [6, 6.07) is 0. The molecule has 0 amide bonds. The second-order valence-electron chi connectivity index (χ2n) is 13.8. The fourth-order valence-corrected chi connectivity index (χ4v) is 7.61. The minimum Gasteiger partial charge on any atom is -0.459 e. The number of hydrogen-bond acceptors (Lipinski definition) is 16.